The number of benzene rings is 1. The Labute approximate surface area is 131 Å². The molecule has 5 nitrogen and oxygen atoms in total. The van der Waals surface area contributed by atoms with Gasteiger partial charge in [-0.3, -0.25) is 10.1 Å². The molecule has 1 aromatic heterocycles. The molecule has 0 radical (unpaired) electrons. The predicted molar refractivity (Wildman–Crippen MR) is 84.5 cm³/mol. The lowest BCUT2D eigenvalue weighted by Gasteiger charge is -2.10. The van der Waals surface area contributed by atoms with E-state index in [9.17, 15) is 4.79 Å². The molecule has 3 rings (SSSR count). The third kappa shape index (κ3) is 2.96. The molecule has 1 saturated carbocycles. The monoisotopic (exact) mass is 323 g/mol. The molecule has 0 spiro atoms. The molecule has 1 heterocycles. The van der Waals surface area contributed by atoms with Crippen molar-refractivity contribution in [3.05, 3.63) is 33.8 Å². The van der Waals surface area contributed by atoms with Crippen LogP contribution in [-0.2, 0) is 0 Å². The Morgan fingerprint density at radius 3 is 2.95 bits per heavy atom. The molecule has 0 saturated heterocycles. The highest BCUT2D eigenvalue weighted by Crippen LogP contribution is 2.41. The fourth-order valence-electron chi connectivity index (χ4n) is 1.99. The van der Waals surface area contributed by atoms with Crippen molar-refractivity contribution in [3.63, 3.8) is 0 Å². The van der Waals surface area contributed by atoms with Gasteiger partial charge >= 0.3 is 0 Å². The van der Waals surface area contributed by atoms with Crippen molar-refractivity contribution in [1.29, 1.82) is 0 Å². The van der Waals surface area contributed by atoms with Crippen LogP contribution in [0.2, 0.25) is 5.02 Å². The van der Waals surface area contributed by atoms with Crippen molar-refractivity contribution < 1.29 is 9.53 Å². The van der Waals surface area contributed by atoms with E-state index in [1.54, 1.807) is 0 Å². The van der Waals surface area contributed by atoms with E-state index in [1.807, 2.05) is 5.38 Å². The standard InChI is InChI=1S/C14H14ClN3O2S/c1-20-12-5-10(16)9(15)4-8(12)13(19)18-14-17-11(6-21-14)7-2-3-7/h4-7H,2-3,16H2,1H3,(H,17,18,19). The van der Waals surface area contributed by atoms with E-state index in [0.29, 0.717) is 33.1 Å². The summed E-state index contributed by atoms with van der Waals surface area (Å²) in [5, 5.41) is 5.66. The average molecular weight is 324 g/mol. The van der Waals surface area contributed by atoms with Gasteiger partial charge in [-0.15, -0.1) is 11.3 Å². The summed E-state index contributed by atoms with van der Waals surface area (Å²) < 4.78 is 5.18. The molecule has 1 aliphatic rings. The molecule has 1 fully saturated rings. The summed E-state index contributed by atoms with van der Waals surface area (Å²) in [6.45, 7) is 0. The van der Waals surface area contributed by atoms with E-state index in [0.717, 1.165) is 5.69 Å². The van der Waals surface area contributed by atoms with Crippen LogP contribution in [0.4, 0.5) is 10.8 Å². The number of nitrogens with two attached hydrogens (primary N) is 1. The molecule has 0 bridgehead atoms. The highest BCUT2D eigenvalue weighted by Gasteiger charge is 2.26. The molecule has 21 heavy (non-hydrogen) atoms. The first-order valence-corrected chi connectivity index (χ1v) is 7.74. The van der Waals surface area contributed by atoms with Gasteiger partial charge in [0.25, 0.3) is 5.91 Å². The average Bonchev–Trinajstić information content (AvgIpc) is 3.22. The van der Waals surface area contributed by atoms with Crippen LogP contribution in [0.3, 0.4) is 0 Å². The number of nitrogens with one attached hydrogen (secondary N) is 1. The highest BCUT2D eigenvalue weighted by atomic mass is 35.5. The first-order valence-electron chi connectivity index (χ1n) is 6.48. The minimum absolute atomic E-state index is 0.314. The Balaban J connectivity index is 1.82. The summed E-state index contributed by atoms with van der Waals surface area (Å²) in [7, 11) is 1.48. The number of hydrogen-bond donors (Lipinski definition) is 2. The molecule has 3 N–H and O–H groups in total. The molecule has 0 atom stereocenters. The topological polar surface area (TPSA) is 77.2 Å². The predicted octanol–water partition coefficient (Wildman–Crippen LogP) is 3.52. The Kier molecular flexibility index (Phi) is 3.73. The van der Waals surface area contributed by atoms with Gasteiger partial charge in [-0.05, 0) is 18.9 Å². The van der Waals surface area contributed by atoms with Gasteiger partial charge in [0.1, 0.15) is 5.75 Å². The molecule has 0 aliphatic heterocycles. The molecule has 110 valence electrons. The second-order valence-electron chi connectivity index (χ2n) is 4.88. The molecule has 2 aromatic rings. The highest BCUT2D eigenvalue weighted by molar-refractivity contribution is 7.14. The summed E-state index contributed by atoms with van der Waals surface area (Å²) in [6, 6.07) is 3.04. The normalized spacial score (nSPS) is 14.0. The van der Waals surface area contributed by atoms with Gasteiger partial charge in [-0.2, -0.15) is 0 Å². The second-order valence-corrected chi connectivity index (χ2v) is 6.15. The van der Waals surface area contributed by atoms with E-state index in [2.05, 4.69) is 10.3 Å². The number of thiazole rings is 1. The number of methoxy groups -OCH3 is 1. The van der Waals surface area contributed by atoms with Gasteiger partial charge < -0.3 is 10.5 Å². The largest absolute Gasteiger partial charge is 0.496 e. The molecular formula is C14H14ClN3O2S. The Bertz CT molecular complexity index is 698. The third-order valence-electron chi connectivity index (χ3n) is 3.30. The minimum atomic E-state index is -0.314. The SMILES string of the molecule is COc1cc(N)c(Cl)cc1C(=O)Nc1nc(C2CC2)cs1. The molecule has 1 aliphatic carbocycles. The van der Waals surface area contributed by atoms with Crippen LogP contribution in [0.15, 0.2) is 17.5 Å². The zero-order valence-corrected chi connectivity index (χ0v) is 12.9. The number of carbonyl (C=O) groups excluding carboxylic acids is 1. The van der Waals surface area contributed by atoms with Gasteiger partial charge in [0, 0.05) is 17.4 Å². The minimum Gasteiger partial charge on any atom is -0.496 e. The van der Waals surface area contributed by atoms with E-state index in [1.165, 1.54) is 43.4 Å². The van der Waals surface area contributed by atoms with Crippen molar-refractivity contribution in [2.45, 2.75) is 18.8 Å². The fourth-order valence-corrected chi connectivity index (χ4v) is 2.94. The van der Waals surface area contributed by atoms with E-state index < -0.39 is 0 Å². The van der Waals surface area contributed by atoms with Gasteiger partial charge in [0.05, 0.1) is 29.1 Å². The lowest BCUT2D eigenvalue weighted by molar-refractivity contribution is 0.102. The van der Waals surface area contributed by atoms with Crippen LogP contribution in [0.25, 0.3) is 0 Å². The zero-order chi connectivity index (χ0) is 15.0. The number of ether oxygens (including phenoxy) is 1. The van der Waals surface area contributed by atoms with Crippen LogP contribution in [-0.4, -0.2) is 18.0 Å². The first kappa shape index (κ1) is 14.2. The number of hydrogen-bond acceptors (Lipinski definition) is 5. The Hall–Kier alpha value is -1.79. The molecular weight excluding hydrogens is 310 g/mol. The van der Waals surface area contributed by atoms with Crippen molar-refractivity contribution in [1.82, 2.24) is 4.98 Å². The number of rotatable bonds is 4. The summed E-state index contributed by atoms with van der Waals surface area (Å²) in [5.41, 5.74) is 7.46. The van der Waals surface area contributed by atoms with E-state index in [-0.39, 0.29) is 5.91 Å². The summed E-state index contributed by atoms with van der Waals surface area (Å²) in [4.78, 5) is 16.7. The van der Waals surface area contributed by atoms with E-state index >= 15 is 0 Å². The fraction of sp³-hybridized carbons (Fsp3) is 0.286. The molecule has 0 unspecified atom stereocenters. The number of halogens is 1. The summed E-state index contributed by atoms with van der Waals surface area (Å²) in [5.74, 6) is 0.631. The van der Waals surface area contributed by atoms with E-state index in [4.69, 9.17) is 22.1 Å². The number of nitrogen functional groups attached to an aromatic ring is 1. The maximum absolute atomic E-state index is 12.3. The van der Waals surface area contributed by atoms with Crippen LogP contribution in [0.5, 0.6) is 5.75 Å². The Morgan fingerprint density at radius 1 is 1.52 bits per heavy atom. The lowest BCUT2D eigenvalue weighted by atomic mass is 10.1. The number of aromatic nitrogens is 1. The Morgan fingerprint density at radius 2 is 2.29 bits per heavy atom. The van der Waals surface area contributed by atoms with Gasteiger partial charge in [0.2, 0.25) is 0 Å². The summed E-state index contributed by atoms with van der Waals surface area (Å²) >= 11 is 7.39. The smallest absolute Gasteiger partial charge is 0.261 e. The van der Waals surface area contributed by atoms with Gasteiger partial charge in [0.15, 0.2) is 5.13 Å². The lowest BCUT2D eigenvalue weighted by Crippen LogP contribution is -2.13. The van der Waals surface area contributed by atoms with Gasteiger partial charge in [-0.25, -0.2) is 4.98 Å². The van der Waals surface area contributed by atoms with Crippen molar-refractivity contribution in [3.8, 4) is 5.75 Å². The number of carbonyl (C=O) groups is 1. The third-order valence-corrected chi connectivity index (χ3v) is 4.40. The maximum atomic E-state index is 12.3. The van der Waals surface area contributed by atoms with Gasteiger partial charge in [-0.1, -0.05) is 11.6 Å². The maximum Gasteiger partial charge on any atom is 0.261 e. The molecule has 7 heteroatoms. The molecule has 1 amide bonds. The number of nitrogens with zero attached hydrogens (tertiary/aromatic N) is 1. The van der Waals surface area contributed by atoms with Crippen molar-refractivity contribution >= 4 is 39.7 Å². The van der Waals surface area contributed by atoms with Crippen LogP contribution < -0.4 is 15.8 Å². The second kappa shape index (κ2) is 5.54. The molecule has 1 aromatic carbocycles. The first-order chi connectivity index (χ1) is 10.1. The zero-order valence-electron chi connectivity index (χ0n) is 11.4. The number of anilines is 2. The quantitative estimate of drug-likeness (QED) is 0.844. The van der Waals surface area contributed by atoms with Crippen molar-refractivity contribution in [2.24, 2.45) is 0 Å². The van der Waals surface area contributed by atoms with Crippen LogP contribution in [0.1, 0.15) is 34.8 Å². The van der Waals surface area contributed by atoms with Crippen molar-refractivity contribution in [2.75, 3.05) is 18.2 Å². The summed E-state index contributed by atoms with van der Waals surface area (Å²) in [6.07, 6.45) is 2.36. The van der Waals surface area contributed by atoms with Crippen LogP contribution in [0, 0.1) is 0 Å². The van der Waals surface area contributed by atoms with Crippen LogP contribution >= 0.6 is 22.9 Å². The number of amides is 1.